The number of fused-ring (bicyclic) bond motifs is 1. The second-order valence-corrected chi connectivity index (χ2v) is 10.5. The number of imide groups is 1. The maximum Gasteiger partial charge on any atom is 0.412 e. The third-order valence-electron chi connectivity index (χ3n) is 7.70. The molecule has 5 rings (SSSR count). The third-order valence-corrected chi connectivity index (χ3v) is 7.70. The fourth-order valence-electron chi connectivity index (χ4n) is 5.36. The minimum atomic E-state index is -4.73. The van der Waals surface area contributed by atoms with E-state index in [1.54, 1.807) is 12.1 Å². The maximum absolute atomic E-state index is 14.0. The van der Waals surface area contributed by atoms with Crippen LogP contribution in [-0.2, 0) is 22.7 Å². The summed E-state index contributed by atoms with van der Waals surface area (Å²) in [6.45, 7) is 4.30. The van der Waals surface area contributed by atoms with E-state index in [1.807, 2.05) is 0 Å². The number of hydrogen-bond acceptors (Lipinski definition) is 6. The number of halogens is 3. The number of nitrogens with one attached hydrogen (secondary N) is 2. The number of nitrogens with zero attached hydrogens (tertiary/aromatic N) is 3. The van der Waals surface area contributed by atoms with E-state index in [-0.39, 0.29) is 36.1 Å². The van der Waals surface area contributed by atoms with Crippen molar-refractivity contribution in [3.8, 4) is 0 Å². The summed E-state index contributed by atoms with van der Waals surface area (Å²) in [7, 11) is 2.05. The number of likely N-dealkylation sites (N-methyl/N-ethyl adjacent to an activating group) is 1. The van der Waals surface area contributed by atoms with Crippen LogP contribution in [0, 0.1) is 0 Å². The van der Waals surface area contributed by atoms with Gasteiger partial charge in [-0.05, 0) is 48.4 Å². The number of rotatable bonds is 6. The molecule has 40 heavy (non-hydrogen) atoms. The first-order chi connectivity index (χ1) is 19.0. The van der Waals surface area contributed by atoms with Crippen LogP contribution in [0.25, 0.3) is 0 Å². The Morgan fingerprint density at radius 1 is 1.05 bits per heavy atom. The molecule has 9 nitrogen and oxygen atoms in total. The van der Waals surface area contributed by atoms with Gasteiger partial charge in [0.1, 0.15) is 6.04 Å². The molecule has 3 heterocycles. The topological polar surface area (TPSA) is 102 Å². The van der Waals surface area contributed by atoms with Crippen LogP contribution in [-0.4, -0.2) is 83.8 Å². The number of amides is 4. The molecule has 0 saturated carbocycles. The Hall–Kier alpha value is -3.77. The number of piperidine rings is 1. The Bertz CT molecular complexity index is 1320. The van der Waals surface area contributed by atoms with E-state index in [0.717, 1.165) is 31.7 Å². The molecule has 2 aromatic carbocycles. The fourth-order valence-corrected chi connectivity index (χ4v) is 5.36. The van der Waals surface area contributed by atoms with E-state index < -0.39 is 41.9 Å². The van der Waals surface area contributed by atoms with E-state index >= 15 is 0 Å². The summed E-state index contributed by atoms with van der Waals surface area (Å²) in [4.78, 5) is 55.3. The summed E-state index contributed by atoms with van der Waals surface area (Å²) in [6.07, 6.45) is -4.46. The largest absolute Gasteiger partial charge is 0.412 e. The molecule has 0 radical (unpaired) electrons. The van der Waals surface area contributed by atoms with Gasteiger partial charge in [0, 0.05) is 56.8 Å². The Morgan fingerprint density at radius 2 is 1.75 bits per heavy atom. The lowest BCUT2D eigenvalue weighted by Crippen LogP contribution is -2.52. The molecule has 2 atom stereocenters. The minimum Gasteiger partial charge on any atom is -0.337 e. The molecule has 3 aliphatic heterocycles. The van der Waals surface area contributed by atoms with Crippen LogP contribution in [0.15, 0.2) is 42.5 Å². The van der Waals surface area contributed by atoms with Crippen molar-refractivity contribution >= 4 is 23.6 Å². The lowest BCUT2D eigenvalue weighted by molar-refractivity contribution is -0.155. The van der Waals surface area contributed by atoms with Crippen molar-refractivity contribution in [2.75, 3.05) is 33.2 Å². The molecule has 2 unspecified atom stereocenters. The first-order valence-electron chi connectivity index (χ1n) is 13.1. The monoisotopic (exact) mass is 557 g/mol. The van der Waals surface area contributed by atoms with Crippen molar-refractivity contribution in [2.24, 2.45) is 0 Å². The average Bonchev–Trinajstić information content (AvgIpc) is 3.23. The quantitative estimate of drug-likeness (QED) is 0.529. The van der Waals surface area contributed by atoms with Crippen LogP contribution in [0.1, 0.15) is 56.3 Å². The number of carbonyl (C=O) groups excluding carboxylic acids is 4. The van der Waals surface area contributed by atoms with Crippen molar-refractivity contribution in [1.29, 1.82) is 0 Å². The Balaban J connectivity index is 1.27. The molecule has 2 N–H and O–H groups in total. The zero-order chi connectivity index (χ0) is 28.6. The second kappa shape index (κ2) is 11.0. The molecule has 4 amide bonds. The molecule has 2 aromatic rings. The smallest absolute Gasteiger partial charge is 0.337 e. The highest BCUT2D eigenvalue weighted by molar-refractivity contribution is 6.06. The van der Waals surface area contributed by atoms with Crippen molar-refractivity contribution < 1.29 is 32.3 Å². The highest BCUT2D eigenvalue weighted by Gasteiger charge is 2.43. The van der Waals surface area contributed by atoms with Crippen LogP contribution in [0.4, 0.5) is 13.2 Å². The standard InChI is InChI=1S/C28H30F3N5O4/c1-34-10-12-35(13-11-34)15-17-2-4-18(5-3-17)24(28(29,30)31)33-25(38)19-6-7-21-20(14-19)16-36(27(21)40)22-8-9-23(37)32-26(22)39/h2-7,14,22,24H,8-13,15-16H2,1H3,(H,33,38)(H,32,37,39). The predicted octanol–water partition coefficient (Wildman–Crippen LogP) is 2.23. The van der Waals surface area contributed by atoms with Crippen LogP contribution in [0.3, 0.4) is 0 Å². The molecular weight excluding hydrogens is 527 g/mol. The molecule has 0 aliphatic carbocycles. The summed E-state index contributed by atoms with van der Waals surface area (Å²) in [5.41, 5.74) is 1.48. The fraction of sp³-hybridized carbons (Fsp3) is 0.429. The first-order valence-corrected chi connectivity index (χ1v) is 13.1. The second-order valence-electron chi connectivity index (χ2n) is 10.5. The Morgan fingerprint density at radius 3 is 2.40 bits per heavy atom. The number of piperazine rings is 1. The van der Waals surface area contributed by atoms with Gasteiger partial charge in [0.2, 0.25) is 11.8 Å². The van der Waals surface area contributed by atoms with Gasteiger partial charge >= 0.3 is 6.18 Å². The molecule has 0 bridgehead atoms. The number of alkyl halides is 3. The normalized spacial score (nSPS) is 21.2. The van der Waals surface area contributed by atoms with Gasteiger partial charge in [-0.15, -0.1) is 0 Å². The van der Waals surface area contributed by atoms with Crippen LogP contribution in [0.5, 0.6) is 0 Å². The highest BCUT2D eigenvalue weighted by Crippen LogP contribution is 2.34. The van der Waals surface area contributed by atoms with Crippen LogP contribution in [0.2, 0.25) is 0 Å². The van der Waals surface area contributed by atoms with Gasteiger partial charge in [-0.1, -0.05) is 24.3 Å². The molecular formula is C28H30F3N5O4. The summed E-state index contributed by atoms with van der Waals surface area (Å²) >= 11 is 0. The van der Waals surface area contributed by atoms with E-state index in [4.69, 9.17) is 0 Å². The van der Waals surface area contributed by atoms with Crippen molar-refractivity contribution in [3.05, 3.63) is 70.3 Å². The third kappa shape index (κ3) is 5.87. The predicted molar refractivity (Wildman–Crippen MR) is 138 cm³/mol. The Kier molecular flexibility index (Phi) is 7.65. The van der Waals surface area contributed by atoms with Crippen LogP contribution < -0.4 is 10.6 Å². The summed E-state index contributed by atoms with van der Waals surface area (Å²) in [5, 5.41) is 4.32. The molecule has 0 spiro atoms. The molecule has 12 heteroatoms. The SMILES string of the molecule is CN1CCN(Cc2ccc(C(NC(=O)c3ccc4c(c3)CN(C3CCC(=O)NC3=O)C4=O)C(F)(F)F)cc2)CC1. The van der Waals surface area contributed by atoms with Crippen LogP contribution >= 0.6 is 0 Å². The van der Waals surface area contributed by atoms with E-state index in [9.17, 15) is 32.3 Å². The average molecular weight is 558 g/mol. The number of hydrogen-bond donors (Lipinski definition) is 2. The molecule has 2 saturated heterocycles. The lowest BCUT2D eigenvalue weighted by Gasteiger charge is -2.32. The van der Waals surface area contributed by atoms with Crippen molar-refractivity contribution in [3.63, 3.8) is 0 Å². The molecule has 0 aromatic heterocycles. The number of benzene rings is 2. The van der Waals surface area contributed by atoms with Gasteiger partial charge < -0.3 is 15.1 Å². The number of carbonyl (C=O) groups is 4. The zero-order valence-electron chi connectivity index (χ0n) is 22.0. The van der Waals surface area contributed by atoms with E-state index in [0.29, 0.717) is 12.1 Å². The van der Waals surface area contributed by atoms with E-state index in [2.05, 4.69) is 27.5 Å². The van der Waals surface area contributed by atoms with Gasteiger partial charge in [0.25, 0.3) is 11.8 Å². The molecule has 212 valence electrons. The van der Waals surface area contributed by atoms with Crippen molar-refractivity contribution in [1.82, 2.24) is 25.3 Å². The van der Waals surface area contributed by atoms with Gasteiger partial charge in [-0.25, -0.2) is 0 Å². The minimum absolute atomic E-state index is 0.0129. The molecule has 2 fully saturated rings. The first kappa shape index (κ1) is 27.8. The summed E-state index contributed by atoms with van der Waals surface area (Å²) in [5.74, 6) is -2.34. The molecule has 3 aliphatic rings. The van der Waals surface area contributed by atoms with Gasteiger partial charge in [0.15, 0.2) is 6.04 Å². The maximum atomic E-state index is 14.0. The highest BCUT2D eigenvalue weighted by atomic mass is 19.4. The van der Waals surface area contributed by atoms with Gasteiger partial charge in [-0.3, -0.25) is 29.4 Å². The lowest BCUT2D eigenvalue weighted by atomic mass is 10.0. The van der Waals surface area contributed by atoms with E-state index in [1.165, 1.54) is 35.2 Å². The Labute approximate surface area is 229 Å². The van der Waals surface area contributed by atoms with Gasteiger partial charge in [-0.2, -0.15) is 13.2 Å². The summed E-state index contributed by atoms with van der Waals surface area (Å²) in [6, 6.07) is 7.11. The van der Waals surface area contributed by atoms with Crippen molar-refractivity contribution in [2.45, 2.75) is 44.2 Å². The summed E-state index contributed by atoms with van der Waals surface area (Å²) < 4.78 is 42.1. The zero-order valence-corrected chi connectivity index (χ0v) is 22.0. The van der Waals surface area contributed by atoms with Gasteiger partial charge in [0.05, 0.1) is 0 Å².